The quantitative estimate of drug-likeness (QED) is 0.359. The molecule has 2 heterocycles. The van der Waals surface area contributed by atoms with E-state index in [1.807, 2.05) is 29.6 Å². The van der Waals surface area contributed by atoms with E-state index in [2.05, 4.69) is 25.6 Å². The smallest absolute Gasteiger partial charge is 0.323 e. The molecule has 10 heteroatoms. The molecule has 4 rings (SSSR count). The van der Waals surface area contributed by atoms with Crippen LogP contribution < -0.4 is 16.4 Å². The van der Waals surface area contributed by atoms with Gasteiger partial charge >= 0.3 is 12.0 Å². The van der Waals surface area contributed by atoms with Gasteiger partial charge in [0.1, 0.15) is 23.8 Å². The summed E-state index contributed by atoms with van der Waals surface area (Å²) in [6.45, 7) is 1.49. The zero-order valence-corrected chi connectivity index (χ0v) is 18.4. The van der Waals surface area contributed by atoms with Gasteiger partial charge in [0.2, 0.25) is 0 Å². The number of amides is 2. The van der Waals surface area contributed by atoms with Crippen LogP contribution >= 0.6 is 11.3 Å². The molecule has 2 amide bonds. The van der Waals surface area contributed by atoms with Crippen molar-refractivity contribution in [2.45, 2.75) is 13.5 Å². The Kier molecular flexibility index (Phi) is 6.56. The summed E-state index contributed by atoms with van der Waals surface area (Å²) >= 11 is 1.44. The van der Waals surface area contributed by atoms with Gasteiger partial charge < -0.3 is 21.1 Å². The fourth-order valence-corrected chi connectivity index (χ4v) is 3.85. The number of carbonyl (C=O) groups excluding carboxylic acids is 2. The number of nitrogens with two attached hydrogens (primary N) is 1. The number of urea groups is 1. The van der Waals surface area contributed by atoms with Crippen molar-refractivity contribution in [3.63, 3.8) is 0 Å². The van der Waals surface area contributed by atoms with E-state index in [1.54, 1.807) is 30.5 Å². The Balaban J connectivity index is 1.44. The normalized spacial score (nSPS) is 10.5. The van der Waals surface area contributed by atoms with Crippen molar-refractivity contribution in [1.29, 1.82) is 0 Å². The number of anilines is 3. The van der Waals surface area contributed by atoms with Crippen molar-refractivity contribution in [2.75, 3.05) is 16.4 Å². The SMILES string of the molecule is CC(=O)OCc1cccc(NC(=O)Nc2cccc(-c3csc(-c4cncnc4N)n3)c2)c1. The van der Waals surface area contributed by atoms with Crippen LogP contribution in [0.5, 0.6) is 0 Å². The lowest BCUT2D eigenvalue weighted by molar-refractivity contribution is -0.142. The second kappa shape index (κ2) is 9.88. The Hall–Kier alpha value is -4.31. The molecule has 0 aliphatic heterocycles. The molecular weight excluding hydrogens is 440 g/mol. The average molecular weight is 461 g/mol. The minimum Gasteiger partial charge on any atom is -0.461 e. The lowest BCUT2D eigenvalue weighted by Gasteiger charge is -2.10. The van der Waals surface area contributed by atoms with Gasteiger partial charge in [0.15, 0.2) is 0 Å². The molecule has 0 bridgehead atoms. The number of nitrogens with one attached hydrogen (secondary N) is 2. The highest BCUT2D eigenvalue weighted by molar-refractivity contribution is 7.13. The second-order valence-electron chi connectivity index (χ2n) is 7.00. The standard InChI is InChI=1S/C23H20N6O3S/c1-14(30)32-11-15-4-2-6-17(8-15)27-23(31)28-18-7-3-5-16(9-18)20-12-33-22(29-20)19-10-25-13-26-21(19)24/h2-10,12-13H,11H2,1H3,(H2,24,25,26)(H2,27,28,31). The highest BCUT2D eigenvalue weighted by Gasteiger charge is 2.11. The molecule has 0 fully saturated rings. The number of hydrogen-bond donors (Lipinski definition) is 3. The van der Waals surface area contributed by atoms with E-state index in [0.29, 0.717) is 27.8 Å². The van der Waals surface area contributed by atoms with Gasteiger partial charge in [-0.05, 0) is 29.8 Å². The highest BCUT2D eigenvalue weighted by Crippen LogP contribution is 2.31. The van der Waals surface area contributed by atoms with Gasteiger partial charge in [-0.3, -0.25) is 4.79 Å². The van der Waals surface area contributed by atoms with Crippen LogP contribution in [0.3, 0.4) is 0 Å². The van der Waals surface area contributed by atoms with Crippen molar-refractivity contribution < 1.29 is 14.3 Å². The first-order valence-electron chi connectivity index (χ1n) is 9.90. The van der Waals surface area contributed by atoms with Crippen molar-refractivity contribution in [3.8, 4) is 21.8 Å². The van der Waals surface area contributed by atoms with Crippen LogP contribution in [0, 0.1) is 0 Å². The number of ether oxygens (including phenoxy) is 1. The molecule has 2 aromatic carbocycles. The molecule has 2 aromatic heterocycles. The maximum Gasteiger partial charge on any atom is 0.323 e. The summed E-state index contributed by atoms with van der Waals surface area (Å²) in [4.78, 5) is 36.1. The molecule has 0 radical (unpaired) electrons. The van der Waals surface area contributed by atoms with Crippen LogP contribution in [-0.2, 0) is 16.1 Å². The summed E-state index contributed by atoms with van der Waals surface area (Å²) in [7, 11) is 0. The Labute approximate surface area is 193 Å². The molecule has 0 aliphatic rings. The van der Waals surface area contributed by atoms with E-state index < -0.39 is 6.03 Å². The summed E-state index contributed by atoms with van der Waals surface area (Å²) in [6.07, 6.45) is 3.03. The van der Waals surface area contributed by atoms with E-state index in [1.165, 1.54) is 24.6 Å². The van der Waals surface area contributed by atoms with Gasteiger partial charge in [0.25, 0.3) is 0 Å². The molecule has 4 N–H and O–H groups in total. The monoisotopic (exact) mass is 460 g/mol. The van der Waals surface area contributed by atoms with Crippen LogP contribution in [0.15, 0.2) is 66.4 Å². The minimum atomic E-state index is -0.398. The molecule has 0 spiro atoms. The fourth-order valence-electron chi connectivity index (χ4n) is 3.01. The molecule has 0 aliphatic carbocycles. The fraction of sp³-hybridized carbons (Fsp3) is 0.0870. The number of aromatic nitrogens is 3. The zero-order chi connectivity index (χ0) is 23.2. The maximum absolute atomic E-state index is 12.5. The lowest BCUT2D eigenvalue weighted by atomic mass is 10.1. The van der Waals surface area contributed by atoms with Gasteiger partial charge in [-0.25, -0.2) is 19.7 Å². The van der Waals surface area contributed by atoms with Crippen LogP contribution in [0.2, 0.25) is 0 Å². The molecule has 9 nitrogen and oxygen atoms in total. The third-order valence-corrected chi connectivity index (χ3v) is 5.40. The van der Waals surface area contributed by atoms with Crippen molar-refractivity contribution in [3.05, 3.63) is 72.0 Å². The Bertz CT molecular complexity index is 1310. The number of carbonyl (C=O) groups is 2. The summed E-state index contributed by atoms with van der Waals surface area (Å²) in [5.74, 6) is 0.00806. The number of esters is 1. The molecule has 33 heavy (non-hydrogen) atoms. The predicted octanol–water partition coefficient (Wildman–Crippen LogP) is 4.56. The second-order valence-corrected chi connectivity index (χ2v) is 7.86. The Morgan fingerprint density at radius 3 is 2.61 bits per heavy atom. The molecule has 0 unspecified atom stereocenters. The molecule has 0 saturated carbocycles. The van der Waals surface area contributed by atoms with Gasteiger partial charge in [-0.2, -0.15) is 0 Å². The Morgan fingerprint density at radius 1 is 1.09 bits per heavy atom. The highest BCUT2D eigenvalue weighted by atomic mass is 32.1. The average Bonchev–Trinajstić information content (AvgIpc) is 3.28. The third-order valence-electron chi connectivity index (χ3n) is 4.52. The topological polar surface area (TPSA) is 132 Å². The number of nitrogens with zero attached hydrogens (tertiary/aromatic N) is 3. The summed E-state index contributed by atoms with van der Waals surface area (Å²) < 4.78 is 4.99. The van der Waals surface area contributed by atoms with Crippen LogP contribution in [0.1, 0.15) is 12.5 Å². The van der Waals surface area contributed by atoms with E-state index in [9.17, 15) is 9.59 Å². The van der Waals surface area contributed by atoms with Gasteiger partial charge in [-0.1, -0.05) is 24.3 Å². The molecule has 0 atom stereocenters. The third kappa shape index (κ3) is 5.69. The summed E-state index contributed by atoms with van der Waals surface area (Å²) in [5, 5.41) is 8.22. The summed E-state index contributed by atoms with van der Waals surface area (Å²) in [6, 6.07) is 14.1. The first kappa shape index (κ1) is 21.9. The maximum atomic E-state index is 12.5. The number of hydrogen-bond acceptors (Lipinski definition) is 8. The molecular formula is C23H20N6O3S. The Morgan fingerprint density at radius 2 is 1.85 bits per heavy atom. The van der Waals surface area contributed by atoms with Crippen LogP contribution in [0.4, 0.5) is 22.0 Å². The zero-order valence-electron chi connectivity index (χ0n) is 17.6. The van der Waals surface area contributed by atoms with Crippen LogP contribution in [0.25, 0.3) is 21.8 Å². The van der Waals surface area contributed by atoms with Gasteiger partial charge in [0.05, 0.1) is 11.3 Å². The minimum absolute atomic E-state index is 0.144. The van der Waals surface area contributed by atoms with Crippen molar-refractivity contribution in [2.24, 2.45) is 0 Å². The van der Waals surface area contributed by atoms with E-state index in [-0.39, 0.29) is 12.6 Å². The van der Waals surface area contributed by atoms with Gasteiger partial charge in [0, 0.05) is 35.4 Å². The molecule has 166 valence electrons. The van der Waals surface area contributed by atoms with E-state index in [0.717, 1.165) is 16.8 Å². The lowest BCUT2D eigenvalue weighted by Crippen LogP contribution is -2.19. The first-order valence-corrected chi connectivity index (χ1v) is 10.8. The first-order chi connectivity index (χ1) is 16.0. The van der Waals surface area contributed by atoms with Crippen molar-refractivity contribution in [1.82, 2.24) is 15.0 Å². The number of thiazole rings is 1. The molecule has 0 saturated heterocycles. The number of benzene rings is 2. The largest absolute Gasteiger partial charge is 0.461 e. The summed E-state index contributed by atoms with van der Waals surface area (Å²) in [5.41, 5.74) is 10.2. The van der Waals surface area contributed by atoms with E-state index >= 15 is 0 Å². The van der Waals surface area contributed by atoms with Crippen molar-refractivity contribution >= 4 is 40.5 Å². The number of rotatable bonds is 6. The van der Waals surface area contributed by atoms with E-state index in [4.69, 9.17) is 10.5 Å². The van der Waals surface area contributed by atoms with Crippen LogP contribution in [-0.4, -0.2) is 27.0 Å². The molecule has 4 aromatic rings. The number of nitrogen functional groups attached to an aromatic ring is 1. The predicted molar refractivity (Wildman–Crippen MR) is 128 cm³/mol. The van der Waals surface area contributed by atoms with Gasteiger partial charge in [-0.15, -0.1) is 11.3 Å².